The van der Waals surface area contributed by atoms with Crippen molar-refractivity contribution >= 4 is 35.4 Å². The number of ether oxygens (including phenoxy) is 3. The first-order valence-electron chi connectivity index (χ1n) is 33.3. The number of likely N-dealkylation sites (N-methyl/N-ethyl adjacent to an activating group) is 2. The molecule has 95 heavy (non-hydrogen) atoms. The minimum Gasteiger partial charge on any atom is -0.446 e. The highest BCUT2D eigenvalue weighted by atomic mass is 19.4. The standard InChI is InChI=1S/C72H87F7N8O8/c1-82(33-13-32-80-66(90)52-25-35-84(36-26-52)34-12-4-7-20-64(88)83(2)42-43-85-37-27-59(28-38-85)95-68(92)81-62-19-11-9-17-60(62)51-14-5-3-6-15-51)65(89)48-93-63-46-53-16-8-10-18-61(53)69(63)29-39-86(40-30-69)41-31-70(55-21-23-58(73)24-22-55)49-87(50-94-70)67(91)54-44-56(71(74,75)76)47-57(45-54)72(77,78)79/h3,5-6,8-11,14-19,21-24,44-45,47,52,59,63H,4,7,12-13,20,25-43,46,48-50H2,1-2H3,(H,80,90)(H,81,92)/t63-,70-/m0/s1. The number of hydrogen-bond acceptors (Lipinski definition) is 11. The normalized spacial score (nSPS) is 19.8. The van der Waals surface area contributed by atoms with Gasteiger partial charge in [0.05, 0.1) is 29.5 Å². The third-order valence-electron chi connectivity index (χ3n) is 20.0. The fourth-order valence-electron chi connectivity index (χ4n) is 14.2. The van der Waals surface area contributed by atoms with E-state index in [2.05, 4.69) is 37.5 Å². The smallest absolute Gasteiger partial charge is 0.416 e. The Labute approximate surface area is 551 Å². The first-order valence-corrected chi connectivity index (χ1v) is 33.3. The molecule has 1 aliphatic carbocycles. The number of benzene rings is 5. The van der Waals surface area contributed by atoms with E-state index < -0.39 is 64.6 Å². The molecule has 5 aliphatic rings. The third kappa shape index (κ3) is 18.2. The minimum absolute atomic E-state index is 0.0260. The summed E-state index contributed by atoms with van der Waals surface area (Å²) in [6.45, 7) is 7.37. The number of unbranched alkanes of at least 4 members (excludes halogenated alkanes) is 2. The number of likely N-dealkylation sites (tertiary alicyclic amines) is 3. The summed E-state index contributed by atoms with van der Waals surface area (Å²) >= 11 is 0. The van der Waals surface area contributed by atoms with Crippen molar-refractivity contribution in [3.63, 3.8) is 0 Å². The molecule has 5 aromatic carbocycles. The molecule has 0 unspecified atom stereocenters. The molecule has 4 fully saturated rings. The summed E-state index contributed by atoms with van der Waals surface area (Å²) < 4.78 is 115. The van der Waals surface area contributed by atoms with Crippen molar-refractivity contribution < 1.29 is 68.9 Å². The molecule has 0 saturated carbocycles. The monoisotopic (exact) mass is 1320 g/mol. The van der Waals surface area contributed by atoms with Gasteiger partial charge in [0, 0.05) is 88.8 Å². The number of hydrogen-bond donors (Lipinski definition) is 2. The van der Waals surface area contributed by atoms with E-state index >= 15 is 0 Å². The van der Waals surface area contributed by atoms with Gasteiger partial charge < -0.3 is 48.9 Å². The Kier molecular flexibility index (Phi) is 23.4. The quantitative estimate of drug-likeness (QED) is 0.0423. The Hall–Kier alpha value is -7.44. The molecular formula is C72H87F7N8O8. The van der Waals surface area contributed by atoms with Crippen LogP contribution in [0.1, 0.15) is 115 Å². The van der Waals surface area contributed by atoms with Crippen LogP contribution in [0.15, 0.2) is 121 Å². The van der Waals surface area contributed by atoms with Crippen molar-refractivity contribution in [2.45, 2.75) is 119 Å². The van der Waals surface area contributed by atoms with E-state index in [1.54, 1.807) is 11.9 Å². The van der Waals surface area contributed by atoms with Gasteiger partial charge in [-0.3, -0.25) is 24.5 Å². The highest BCUT2D eigenvalue weighted by Crippen LogP contribution is 2.48. The molecule has 0 bridgehead atoms. The summed E-state index contributed by atoms with van der Waals surface area (Å²) in [6, 6.07) is 32.0. The van der Waals surface area contributed by atoms with Gasteiger partial charge in [0.1, 0.15) is 30.9 Å². The predicted octanol–water partition coefficient (Wildman–Crippen LogP) is 11.6. The number of nitrogens with zero attached hydrogens (tertiary/aromatic N) is 6. The first-order chi connectivity index (χ1) is 45.6. The Bertz CT molecular complexity index is 3380. The van der Waals surface area contributed by atoms with Crippen LogP contribution in [-0.4, -0.2) is 184 Å². The van der Waals surface area contributed by atoms with Crippen molar-refractivity contribution in [1.82, 2.24) is 34.7 Å². The zero-order chi connectivity index (χ0) is 67.3. The van der Waals surface area contributed by atoms with Gasteiger partial charge >= 0.3 is 18.4 Å². The maximum atomic E-state index is 14.2. The average Bonchev–Trinajstić information content (AvgIpc) is 1.62. The second kappa shape index (κ2) is 31.6. The maximum Gasteiger partial charge on any atom is 0.416 e. The van der Waals surface area contributed by atoms with Gasteiger partial charge in [-0.15, -0.1) is 0 Å². The Balaban J connectivity index is 0.587. The molecule has 0 aromatic heterocycles. The van der Waals surface area contributed by atoms with E-state index in [0.29, 0.717) is 94.8 Å². The number of halogens is 7. The summed E-state index contributed by atoms with van der Waals surface area (Å²) in [4.78, 5) is 77.9. The van der Waals surface area contributed by atoms with E-state index in [1.165, 1.54) is 29.8 Å². The van der Waals surface area contributed by atoms with Gasteiger partial charge in [-0.05, 0) is 162 Å². The third-order valence-corrected chi connectivity index (χ3v) is 20.0. The number of carbonyl (C=O) groups is 5. The second-order valence-electron chi connectivity index (χ2n) is 26.2. The molecule has 2 atom stereocenters. The van der Waals surface area contributed by atoms with Crippen molar-refractivity contribution in [3.05, 3.63) is 161 Å². The molecule has 0 radical (unpaired) electrons. The van der Waals surface area contributed by atoms with Gasteiger partial charge in [0.25, 0.3) is 5.91 Å². The number of nitrogens with one attached hydrogen (secondary N) is 2. The van der Waals surface area contributed by atoms with Crippen LogP contribution in [0.4, 0.5) is 41.2 Å². The molecular weight excluding hydrogens is 1240 g/mol. The van der Waals surface area contributed by atoms with Gasteiger partial charge in [-0.25, -0.2) is 9.18 Å². The maximum absolute atomic E-state index is 14.2. The predicted molar refractivity (Wildman–Crippen MR) is 345 cm³/mol. The molecule has 5 aromatic rings. The molecule has 1 spiro atoms. The Morgan fingerprint density at radius 3 is 2.00 bits per heavy atom. The number of rotatable bonds is 25. The molecule has 10 rings (SSSR count). The van der Waals surface area contributed by atoms with E-state index in [0.717, 1.165) is 106 Å². The van der Waals surface area contributed by atoms with E-state index in [4.69, 9.17) is 14.2 Å². The molecule has 23 heteroatoms. The van der Waals surface area contributed by atoms with E-state index in [9.17, 15) is 54.7 Å². The largest absolute Gasteiger partial charge is 0.446 e. The summed E-state index contributed by atoms with van der Waals surface area (Å²) in [5.74, 6) is -1.67. The summed E-state index contributed by atoms with van der Waals surface area (Å²) in [6.07, 6.45) is -2.09. The van der Waals surface area contributed by atoms with Crippen molar-refractivity contribution in [2.24, 2.45) is 5.92 Å². The zero-order valence-corrected chi connectivity index (χ0v) is 54.2. The number of anilines is 1. The SMILES string of the molecule is CN(CCN1CCC(OC(=O)Nc2ccccc2-c2ccccc2)CC1)C(=O)CCCCCN1CCC(C(=O)NCCCN(C)C(=O)CO[C@H]2Cc3ccccc3C23CCN(CC[C@@]2(c4ccc(F)cc4)CN(C(=O)c4cc(C(F)(F)F)cc(C(F)(F)F)c4)CO2)CC3)CC1. The highest BCUT2D eigenvalue weighted by Gasteiger charge is 2.50. The number of amides is 5. The Morgan fingerprint density at radius 1 is 0.663 bits per heavy atom. The van der Waals surface area contributed by atoms with Crippen LogP contribution in [0.5, 0.6) is 0 Å². The van der Waals surface area contributed by atoms with Crippen LogP contribution >= 0.6 is 0 Å². The lowest BCUT2D eigenvalue weighted by Crippen LogP contribution is -2.50. The summed E-state index contributed by atoms with van der Waals surface area (Å²) in [5.41, 5.74) is -0.173. The van der Waals surface area contributed by atoms with Gasteiger partial charge in [-0.1, -0.05) is 91.3 Å². The Morgan fingerprint density at radius 2 is 1.29 bits per heavy atom. The van der Waals surface area contributed by atoms with Crippen molar-refractivity contribution in [1.29, 1.82) is 0 Å². The number of fused-ring (bicyclic) bond motifs is 2. The average molecular weight is 1330 g/mol. The fourth-order valence-corrected chi connectivity index (χ4v) is 14.2. The molecule has 2 N–H and O–H groups in total. The van der Waals surface area contributed by atoms with Crippen LogP contribution in [0.2, 0.25) is 0 Å². The van der Waals surface area contributed by atoms with Crippen LogP contribution in [0.25, 0.3) is 11.1 Å². The van der Waals surface area contributed by atoms with Crippen molar-refractivity contribution in [3.8, 4) is 11.1 Å². The summed E-state index contributed by atoms with van der Waals surface area (Å²) in [7, 11) is 3.60. The molecule has 5 amide bonds. The highest BCUT2D eigenvalue weighted by molar-refractivity contribution is 5.95. The lowest BCUT2D eigenvalue weighted by Gasteiger charge is -2.44. The molecule has 4 heterocycles. The number of alkyl halides is 6. The first kappa shape index (κ1) is 70.4. The van der Waals surface area contributed by atoms with Crippen LogP contribution < -0.4 is 10.6 Å². The van der Waals surface area contributed by atoms with Crippen molar-refractivity contribution in [2.75, 3.05) is 118 Å². The van der Waals surface area contributed by atoms with E-state index in [-0.39, 0.29) is 61.5 Å². The van der Waals surface area contributed by atoms with Crippen LogP contribution in [0.3, 0.4) is 0 Å². The lowest BCUT2D eigenvalue weighted by atomic mass is 9.72. The second-order valence-corrected chi connectivity index (χ2v) is 26.2. The minimum atomic E-state index is -5.14. The number of para-hydroxylation sites is 1. The van der Waals surface area contributed by atoms with Gasteiger partial charge in [0.2, 0.25) is 17.7 Å². The molecule has 4 saturated heterocycles. The number of carbonyl (C=O) groups excluding carboxylic acids is 5. The van der Waals surface area contributed by atoms with E-state index in [1.807, 2.05) is 78.7 Å². The summed E-state index contributed by atoms with van der Waals surface area (Å²) in [5, 5.41) is 6.03. The van der Waals surface area contributed by atoms with Crippen LogP contribution in [-0.2, 0) is 58.4 Å². The lowest BCUT2D eigenvalue weighted by molar-refractivity contribution is -0.143. The van der Waals surface area contributed by atoms with Crippen LogP contribution in [0, 0.1) is 11.7 Å². The molecule has 4 aliphatic heterocycles. The fraction of sp³-hybridized carbons (Fsp3) is 0.514. The molecule has 512 valence electrons. The van der Waals surface area contributed by atoms with Gasteiger partial charge in [-0.2, -0.15) is 26.3 Å². The van der Waals surface area contributed by atoms with Gasteiger partial charge in [0.15, 0.2) is 0 Å². The topological polar surface area (TPSA) is 157 Å². The molecule has 16 nitrogen and oxygen atoms in total. The number of piperidine rings is 3. The zero-order valence-electron chi connectivity index (χ0n) is 54.2.